The highest BCUT2D eigenvalue weighted by Crippen LogP contribution is 2.28. The Morgan fingerprint density at radius 1 is 1.47 bits per heavy atom. The van der Waals surface area contributed by atoms with E-state index in [1.165, 1.54) is 0 Å². The lowest BCUT2D eigenvalue weighted by Crippen LogP contribution is -2.24. The largest absolute Gasteiger partial charge is 0.299 e. The maximum absolute atomic E-state index is 11.7. The van der Waals surface area contributed by atoms with E-state index in [1.54, 1.807) is 11.3 Å². The van der Waals surface area contributed by atoms with Gasteiger partial charge in [-0.2, -0.15) is 0 Å². The van der Waals surface area contributed by atoms with Gasteiger partial charge in [-0.15, -0.1) is 11.3 Å². The van der Waals surface area contributed by atoms with Gasteiger partial charge in [0, 0.05) is 21.7 Å². The molecule has 0 unspecified atom stereocenters. The molecule has 1 fully saturated rings. The molecule has 3 heteroatoms. The van der Waals surface area contributed by atoms with Crippen LogP contribution in [0.1, 0.15) is 40.9 Å². The third-order valence-electron chi connectivity index (χ3n) is 2.95. The summed E-state index contributed by atoms with van der Waals surface area (Å²) in [6.07, 6.45) is 3.20. The number of Topliss-reactive ketones (excluding diaryl/α,β-unsaturated/α-hetero) is 2. The molecule has 1 aliphatic rings. The third-order valence-corrected chi connectivity index (χ3v) is 3.81. The molecular formula is C12H14O2S. The van der Waals surface area contributed by atoms with Crippen molar-refractivity contribution in [2.45, 2.75) is 32.6 Å². The first kappa shape index (κ1) is 10.6. The average molecular weight is 222 g/mol. The molecular weight excluding hydrogens is 208 g/mol. The molecule has 0 amide bonds. The Bertz CT molecular complexity index is 388. The fourth-order valence-electron chi connectivity index (χ4n) is 1.72. The molecule has 80 valence electrons. The predicted molar refractivity (Wildman–Crippen MR) is 60.4 cm³/mol. The molecule has 0 radical (unpaired) electrons. The van der Waals surface area contributed by atoms with E-state index < -0.39 is 0 Å². The minimum absolute atomic E-state index is 0.0174. The van der Waals surface area contributed by atoms with Gasteiger partial charge in [-0.1, -0.05) is 6.42 Å². The normalized spacial score (nSPS) is 16.1. The van der Waals surface area contributed by atoms with Crippen LogP contribution in [0.25, 0.3) is 0 Å². The van der Waals surface area contributed by atoms with E-state index in [-0.39, 0.29) is 23.9 Å². The van der Waals surface area contributed by atoms with Crippen LogP contribution in [0.4, 0.5) is 0 Å². The number of aryl methyl sites for hydroxylation is 1. The van der Waals surface area contributed by atoms with E-state index in [0.29, 0.717) is 5.56 Å². The van der Waals surface area contributed by atoms with Crippen LogP contribution in [0.5, 0.6) is 0 Å². The second-order valence-corrected chi connectivity index (χ2v) is 5.26. The summed E-state index contributed by atoms with van der Waals surface area (Å²) in [5.74, 6) is 0.292. The van der Waals surface area contributed by atoms with Gasteiger partial charge in [-0.05, 0) is 25.8 Å². The van der Waals surface area contributed by atoms with Gasteiger partial charge in [-0.25, -0.2) is 0 Å². The van der Waals surface area contributed by atoms with Crippen molar-refractivity contribution in [3.05, 3.63) is 21.9 Å². The summed E-state index contributed by atoms with van der Waals surface area (Å²) in [6, 6.07) is 1.86. The van der Waals surface area contributed by atoms with Crippen LogP contribution in [-0.2, 0) is 4.79 Å². The number of hydrogen-bond donors (Lipinski definition) is 0. The lowest BCUT2D eigenvalue weighted by molar-refractivity contribution is -0.124. The van der Waals surface area contributed by atoms with Crippen molar-refractivity contribution in [2.75, 3.05) is 0 Å². The predicted octanol–water partition coefficient (Wildman–Crippen LogP) is 3.00. The summed E-state index contributed by atoms with van der Waals surface area (Å²) in [5.41, 5.74) is 0.699. The molecule has 2 rings (SSSR count). The molecule has 0 spiro atoms. The summed E-state index contributed by atoms with van der Waals surface area (Å²) in [5, 5.41) is 1.84. The molecule has 1 aromatic rings. The molecule has 15 heavy (non-hydrogen) atoms. The van der Waals surface area contributed by atoms with Gasteiger partial charge in [0.2, 0.25) is 0 Å². The van der Waals surface area contributed by atoms with Crippen LogP contribution in [0.2, 0.25) is 0 Å². The highest BCUT2D eigenvalue weighted by atomic mass is 32.1. The van der Waals surface area contributed by atoms with E-state index in [2.05, 4.69) is 0 Å². The van der Waals surface area contributed by atoms with Gasteiger partial charge < -0.3 is 0 Å². The quantitative estimate of drug-likeness (QED) is 0.579. The van der Waals surface area contributed by atoms with Crippen LogP contribution < -0.4 is 0 Å². The topological polar surface area (TPSA) is 34.1 Å². The van der Waals surface area contributed by atoms with Crippen molar-refractivity contribution < 1.29 is 9.59 Å². The van der Waals surface area contributed by atoms with Gasteiger partial charge in [0.15, 0.2) is 5.78 Å². The first-order chi connectivity index (χ1) is 7.16. The Kier molecular flexibility index (Phi) is 3.00. The van der Waals surface area contributed by atoms with Gasteiger partial charge in [-0.3, -0.25) is 9.59 Å². The SMILES string of the molecule is Cc1cc(C(=O)CC(=O)C2CCC2)cs1. The van der Waals surface area contributed by atoms with Crippen molar-refractivity contribution in [3.8, 4) is 0 Å². The number of ketones is 2. The van der Waals surface area contributed by atoms with Gasteiger partial charge in [0.05, 0.1) is 6.42 Å². The fourth-order valence-corrected chi connectivity index (χ4v) is 2.43. The minimum atomic E-state index is -0.0174. The highest BCUT2D eigenvalue weighted by molar-refractivity contribution is 7.10. The minimum Gasteiger partial charge on any atom is -0.299 e. The van der Waals surface area contributed by atoms with Gasteiger partial charge in [0.1, 0.15) is 5.78 Å². The van der Waals surface area contributed by atoms with Crippen LogP contribution in [0.15, 0.2) is 11.4 Å². The van der Waals surface area contributed by atoms with E-state index >= 15 is 0 Å². The van der Waals surface area contributed by atoms with Crippen LogP contribution in [0.3, 0.4) is 0 Å². The smallest absolute Gasteiger partial charge is 0.171 e. The average Bonchev–Trinajstić information content (AvgIpc) is 2.48. The molecule has 0 N–H and O–H groups in total. The molecule has 1 heterocycles. The summed E-state index contributed by atoms with van der Waals surface area (Å²) in [7, 11) is 0. The monoisotopic (exact) mass is 222 g/mol. The molecule has 0 saturated heterocycles. The Balaban J connectivity index is 1.94. The Labute approximate surface area is 93.3 Å². The van der Waals surface area contributed by atoms with E-state index in [4.69, 9.17) is 0 Å². The van der Waals surface area contributed by atoms with Crippen molar-refractivity contribution in [1.29, 1.82) is 0 Å². The van der Waals surface area contributed by atoms with Crippen LogP contribution in [0, 0.1) is 12.8 Å². The maximum Gasteiger partial charge on any atom is 0.171 e. The molecule has 1 aromatic heterocycles. The number of carbonyl (C=O) groups excluding carboxylic acids is 2. The van der Waals surface area contributed by atoms with Crippen LogP contribution >= 0.6 is 11.3 Å². The van der Waals surface area contributed by atoms with E-state index in [0.717, 1.165) is 24.1 Å². The standard InChI is InChI=1S/C12H14O2S/c1-8-5-10(7-15-8)12(14)6-11(13)9-3-2-4-9/h5,7,9H,2-4,6H2,1H3. The molecule has 0 bridgehead atoms. The first-order valence-electron chi connectivity index (χ1n) is 5.28. The molecule has 0 aliphatic heterocycles. The zero-order valence-electron chi connectivity index (χ0n) is 8.79. The Hall–Kier alpha value is -0.960. The molecule has 1 aliphatic carbocycles. The van der Waals surface area contributed by atoms with Gasteiger partial charge in [0.25, 0.3) is 0 Å². The van der Waals surface area contributed by atoms with E-state index in [1.807, 2.05) is 18.4 Å². The highest BCUT2D eigenvalue weighted by Gasteiger charge is 2.26. The lowest BCUT2D eigenvalue weighted by atomic mass is 9.80. The molecule has 0 aromatic carbocycles. The fraction of sp³-hybridized carbons (Fsp3) is 0.500. The van der Waals surface area contributed by atoms with Crippen molar-refractivity contribution in [3.63, 3.8) is 0 Å². The Morgan fingerprint density at radius 2 is 2.20 bits per heavy atom. The first-order valence-corrected chi connectivity index (χ1v) is 6.16. The zero-order valence-corrected chi connectivity index (χ0v) is 9.60. The number of thiophene rings is 1. The number of hydrogen-bond acceptors (Lipinski definition) is 3. The summed E-state index contributed by atoms with van der Waals surface area (Å²) >= 11 is 1.56. The lowest BCUT2D eigenvalue weighted by Gasteiger charge is -2.23. The van der Waals surface area contributed by atoms with Crippen LogP contribution in [-0.4, -0.2) is 11.6 Å². The summed E-state index contributed by atoms with van der Waals surface area (Å²) < 4.78 is 0. The summed E-state index contributed by atoms with van der Waals surface area (Å²) in [6.45, 7) is 1.97. The summed E-state index contributed by atoms with van der Waals surface area (Å²) in [4.78, 5) is 24.4. The molecule has 2 nitrogen and oxygen atoms in total. The van der Waals surface area contributed by atoms with Gasteiger partial charge >= 0.3 is 0 Å². The van der Waals surface area contributed by atoms with E-state index in [9.17, 15) is 9.59 Å². The molecule has 1 saturated carbocycles. The third kappa shape index (κ3) is 2.34. The second-order valence-electron chi connectivity index (χ2n) is 4.14. The number of carbonyl (C=O) groups is 2. The van der Waals surface area contributed by atoms with Crippen molar-refractivity contribution >= 4 is 22.9 Å². The Morgan fingerprint density at radius 3 is 2.67 bits per heavy atom. The van der Waals surface area contributed by atoms with Crippen molar-refractivity contribution in [1.82, 2.24) is 0 Å². The van der Waals surface area contributed by atoms with Crippen molar-refractivity contribution in [2.24, 2.45) is 5.92 Å². The second kappa shape index (κ2) is 4.27. The zero-order chi connectivity index (χ0) is 10.8. The maximum atomic E-state index is 11.7. The molecule has 0 atom stereocenters. The number of rotatable bonds is 4.